The Kier molecular flexibility index (Phi) is 8.29. The van der Waals surface area contributed by atoms with Crippen LogP contribution in [-0.4, -0.2) is 54.3 Å². The van der Waals surface area contributed by atoms with Gasteiger partial charge in [-0.1, -0.05) is 44.2 Å². The molecule has 1 aromatic rings. The second kappa shape index (κ2) is 10.5. The third kappa shape index (κ3) is 6.35. The van der Waals surface area contributed by atoms with Gasteiger partial charge in [-0.05, 0) is 24.8 Å². The quantitative estimate of drug-likeness (QED) is 0.653. The second-order valence-electron chi connectivity index (χ2n) is 7.61. The number of likely N-dealkylation sites (tertiary alicyclic amines) is 1. The van der Waals surface area contributed by atoms with Gasteiger partial charge in [-0.3, -0.25) is 9.59 Å². The fraction of sp³-hybridized carbons (Fsp3) is 0.571. The first kappa shape index (κ1) is 24.5. The Morgan fingerprint density at radius 3 is 2.35 bits per heavy atom. The van der Waals surface area contributed by atoms with Gasteiger partial charge in [0.05, 0.1) is 24.6 Å². The summed E-state index contributed by atoms with van der Waals surface area (Å²) in [5.41, 5.74) is 0.735. The standard InChI is InChI=1S/C21H27F3N2O5/c1-4-30-18(27)16(13(2)3)17-15(25-19(28)21(22,23)24)10-11-26(17)20(29)31-12-14-8-6-5-7-9-14/h5-9,13,15-17H,4,10-12H2,1-3H3,(H,25,28)/t15-,16?,17+/m0/s1. The number of hydrogen-bond donors (Lipinski definition) is 1. The summed E-state index contributed by atoms with van der Waals surface area (Å²) in [6, 6.07) is 6.78. The van der Waals surface area contributed by atoms with Gasteiger partial charge in [-0.15, -0.1) is 0 Å². The van der Waals surface area contributed by atoms with Crippen molar-refractivity contribution < 1.29 is 37.0 Å². The summed E-state index contributed by atoms with van der Waals surface area (Å²) in [4.78, 5) is 38.2. The highest BCUT2D eigenvalue weighted by Crippen LogP contribution is 2.32. The molecule has 31 heavy (non-hydrogen) atoms. The van der Waals surface area contributed by atoms with E-state index in [4.69, 9.17) is 9.47 Å². The Hall–Kier alpha value is -2.78. The molecule has 1 saturated heterocycles. The fourth-order valence-corrected chi connectivity index (χ4v) is 3.73. The number of ether oxygens (including phenoxy) is 2. The topological polar surface area (TPSA) is 84.9 Å². The van der Waals surface area contributed by atoms with E-state index < -0.39 is 42.1 Å². The summed E-state index contributed by atoms with van der Waals surface area (Å²) in [6.45, 7) is 5.09. The Labute approximate surface area is 178 Å². The predicted octanol–water partition coefficient (Wildman–Crippen LogP) is 3.28. The molecular weight excluding hydrogens is 417 g/mol. The summed E-state index contributed by atoms with van der Waals surface area (Å²) >= 11 is 0. The summed E-state index contributed by atoms with van der Waals surface area (Å²) in [5, 5.41) is 1.94. The van der Waals surface area contributed by atoms with E-state index in [0.29, 0.717) is 0 Å². The van der Waals surface area contributed by atoms with Crippen molar-refractivity contribution in [1.82, 2.24) is 10.2 Å². The Morgan fingerprint density at radius 1 is 1.16 bits per heavy atom. The molecule has 1 aromatic carbocycles. The van der Waals surface area contributed by atoms with Crippen molar-refractivity contribution in [3.8, 4) is 0 Å². The number of esters is 1. The number of amides is 2. The zero-order valence-electron chi connectivity index (χ0n) is 17.6. The molecule has 2 amide bonds. The van der Waals surface area contributed by atoms with Crippen LogP contribution in [0.2, 0.25) is 0 Å². The van der Waals surface area contributed by atoms with Crippen molar-refractivity contribution >= 4 is 18.0 Å². The van der Waals surface area contributed by atoms with E-state index in [0.717, 1.165) is 5.56 Å². The molecule has 0 aromatic heterocycles. The first-order chi connectivity index (χ1) is 14.6. The van der Waals surface area contributed by atoms with Crippen molar-refractivity contribution in [2.45, 2.75) is 52.1 Å². The molecule has 2 rings (SSSR count). The SMILES string of the molecule is CCOC(=O)C(C(C)C)[C@H]1[C@@H](NC(=O)C(F)(F)F)CCN1C(=O)OCc1ccccc1. The molecule has 1 N–H and O–H groups in total. The Bertz CT molecular complexity index is 770. The zero-order chi connectivity index (χ0) is 23.2. The van der Waals surface area contributed by atoms with Crippen LogP contribution in [0.3, 0.4) is 0 Å². The van der Waals surface area contributed by atoms with Crippen LogP contribution in [0.4, 0.5) is 18.0 Å². The van der Waals surface area contributed by atoms with Crippen molar-refractivity contribution in [3.05, 3.63) is 35.9 Å². The third-order valence-electron chi connectivity index (χ3n) is 5.11. The van der Waals surface area contributed by atoms with Gasteiger partial charge in [-0.2, -0.15) is 13.2 Å². The zero-order valence-corrected chi connectivity index (χ0v) is 17.6. The molecule has 172 valence electrons. The van der Waals surface area contributed by atoms with Gasteiger partial charge in [0.1, 0.15) is 6.61 Å². The molecule has 10 heteroatoms. The maximum absolute atomic E-state index is 12.8. The van der Waals surface area contributed by atoms with E-state index in [-0.39, 0.29) is 32.1 Å². The van der Waals surface area contributed by atoms with Crippen LogP contribution in [0.15, 0.2) is 30.3 Å². The molecule has 1 aliphatic rings. The first-order valence-electron chi connectivity index (χ1n) is 10.1. The lowest BCUT2D eigenvalue weighted by Gasteiger charge is -2.35. The predicted molar refractivity (Wildman–Crippen MR) is 105 cm³/mol. The van der Waals surface area contributed by atoms with Gasteiger partial charge in [0.2, 0.25) is 0 Å². The lowest BCUT2D eigenvalue weighted by Crippen LogP contribution is -2.55. The minimum atomic E-state index is -5.08. The molecule has 1 fully saturated rings. The number of carbonyl (C=O) groups excluding carboxylic acids is 3. The normalized spacial score (nSPS) is 19.8. The molecule has 1 unspecified atom stereocenters. The Balaban J connectivity index is 2.26. The highest BCUT2D eigenvalue weighted by atomic mass is 19.4. The minimum Gasteiger partial charge on any atom is -0.466 e. The number of benzene rings is 1. The molecule has 0 spiro atoms. The van der Waals surface area contributed by atoms with Gasteiger partial charge in [0, 0.05) is 6.54 Å². The fourth-order valence-electron chi connectivity index (χ4n) is 3.73. The lowest BCUT2D eigenvalue weighted by molar-refractivity contribution is -0.175. The van der Waals surface area contributed by atoms with E-state index in [9.17, 15) is 27.6 Å². The summed E-state index contributed by atoms with van der Waals surface area (Å²) in [6.07, 6.45) is -5.80. The highest BCUT2D eigenvalue weighted by molar-refractivity contribution is 5.83. The number of carbonyl (C=O) groups is 3. The van der Waals surface area contributed by atoms with Gasteiger partial charge in [0.15, 0.2) is 0 Å². The van der Waals surface area contributed by atoms with Gasteiger partial charge in [-0.25, -0.2) is 4.79 Å². The molecule has 3 atom stereocenters. The average Bonchev–Trinajstić information content (AvgIpc) is 3.09. The maximum Gasteiger partial charge on any atom is 0.471 e. The first-order valence-corrected chi connectivity index (χ1v) is 10.1. The van der Waals surface area contributed by atoms with E-state index in [1.807, 2.05) is 11.4 Å². The second-order valence-corrected chi connectivity index (χ2v) is 7.61. The molecule has 0 radical (unpaired) electrons. The number of halogens is 3. The third-order valence-corrected chi connectivity index (χ3v) is 5.11. The van der Waals surface area contributed by atoms with Gasteiger partial charge in [0.25, 0.3) is 0 Å². The number of rotatable bonds is 7. The van der Waals surface area contributed by atoms with E-state index in [1.165, 1.54) is 4.90 Å². The van der Waals surface area contributed by atoms with Crippen molar-refractivity contribution in [1.29, 1.82) is 0 Å². The van der Waals surface area contributed by atoms with E-state index in [2.05, 4.69) is 0 Å². The Morgan fingerprint density at radius 2 is 1.81 bits per heavy atom. The minimum absolute atomic E-state index is 0.0315. The lowest BCUT2D eigenvalue weighted by atomic mass is 9.84. The van der Waals surface area contributed by atoms with Crippen LogP contribution in [0.1, 0.15) is 32.8 Å². The molecule has 0 saturated carbocycles. The molecule has 0 bridgehead atoms. The van der Waals surface area contributed by atoms with E-state index in [1.54, 1.807) is 45.0 Å². The number of alkyl halides is 3. The van der Waals surface area contributed by atoms with Crippen LogP contribution < -0.4 is 5.32 Å². The number of nitrogens with zero attached hydrogens (tertiary/aromatic N) is 1. The summed E-state index contributed by atoms with van der Waals surface area (Å²) in [5.74, 6) is -4.06. The van der Waals surface area contributed by atoms with Crippen LogP contribution in [-0.2, 0) is 25.7 Å². The monoisotopic (exact) mass is 444 g/mol. The highest BCUT2D eigenvalue weighted by Gasteiger charge is 2.50. The van der Waals surface area contributed by atoms with Crippen LogP contribution >= 0.6 is 0 Å². The molecule has 1 heterocycles. The molecule has 0 aliphatic carbocycles. The van der Waals surface area contributed by atoms with Crippen molar-refractivity contribution in [2.24, 2.45) is 11.8 Å². The summed E-state index contributed by atoms with van der Waals surface area (Å²) in [7, 11) is 0. The number of hydrogen-bond acceptors (Lipinski definition) is 5. The largest absolute Gasteiger partial charge is 0.471 e. The molecular formula is C21H27F3N2O5. The molecule has 1 aliphatic heterocycles. The van der Waals surface area contributed by atoms with Crippen molar-refractivity contribution in [3.63, 3.8) is 0 Å². The number of nitrogens with one attached hydrogen (secondary N) is 1. The molecule has 7 nitrogen and oxygen atoms in total. The van der Waals surface area contributed by atoms with Crippen LogP contribution in [0.25, 0.3) is 0 Å². The average molecular weight is 444 g/mol. The van der Waals surface area contributed by atoms with Crippen LogP contribution in [0.5, 0.6) is 0 Å². The van der Waals surface area contributed by atoms with E-state index >= 15 is 0 Å². The van der Waals surface area contributed by atoms with Gasteiger partial charge < -0.3 is 19.7 Å². The smallest absolute Gasteiger partial charge is 0.466 e. The van der Waals surface area contributed by atoms with Crippen molar-refractivity contribution in [2.75, 3.05) is 13.2 Å². The maximum atomic E-state index is 12.8. The summed E-state index contributed by atoms with van der Waals surface area (Å²) < 4.78 is 48.9. The van der Waals surface area contributed by atoms with Gasteiger partial charge >= 0.3 is 24.1 Å². The van der Waals surface area contributed by atoms with Crippen LogP contribution in [0, 0.1) is 11.8 Å².